The van der Waals surface area contributed by atoms with Crippen molar-refractivity contribution in [1.82, 2.24) is 19.6 Å². The molecule has 2 saturated heterocycles. The molecule has 5 rings (SSSR count). The van der Waals surface area contributed by atoms with Gasteiger partial charge in [0.1, 0.15) is 11.8 Å². The molecule has 2 aromatic rings. The highest BCUT2D eigenvalue weighted by Gasteiger charge is 2.50. The number of hydrogen-bond donors (Lipinski definition) is 0. The average molecular weight is 423 g/mol. The van der Waals surface area contributed by atoms with Crippen LogP contribution in [0.25, 0.3) is 0 Å². The smallest absolute Gasteiger partial charge is 0.411 e. The molecule has 7 heteroatoms. The van der Waals surface area contributed by atoms with E-state index in [0.717, 1.165) is 25.0 Å². The predicted octanol–water partition coefficient (Wildman–Crippen LogP) is 3.67. The molecule has 31 heavy (non-hydrogen) atoms. The molecule has 2 atom stereocenters. The molecule has 2 fully saturated rings. The zero-order valence-corrected chi connectivity index (χ0v) is 18.7. The molecule has 0 saturated carbocycles. The summed E-state index contributed by atoms with van der Waals surface area (Å²) in [5, 5.41) is 4.54. The minimum atomic E-state index is -0.262. The van der Waals surface area contributed by atoms with Crippen molar-refractivity contribution in [2.75, 3.05) is 13.1 Å². The predicted molar refractivity (Wildman–Crippen MR) is 116 cm³/mol. The number of aryl methyl sites for hydroxylation is 1. The number of carbonyl (C=O) groups is 2. The number of piperidine rings is 1. The highest BCUT2D eigenvalue weighted by Crippen LogP contribution is 2.44. The van der Waals surface area contributed by atoms with Crippen LogP contribution in [-0.2, 0) is 16.7 Å². The Labute approximate surface area is 183 Å². The first kappa shape index (κ1) is 20.1. The van der Waals surface area contributed by atoms with E-state index in [-0.39, 0.29) is 35.7 Å². The number of fused-ring (bicyclic) bond motifs is 3. The lowest BCUT2D eigenvalue weighted by Crippen LogP contribution is -2.48. The largest absolute Gasteiger partial charge is 0.443 e. The van der Waals surface area contributed by atoms with Gasteiger partial charge in [-0.25, -0.2) is 4.79 Å². The normalized spacial score (nSPS) is 23.7. The number of hydrogen-bond acceptors (Lipinski definition) is 4. The molecule has 7 nitrogen and oxygen atoms in total. The van der Waals surface area contributed by atoms with E-state index < -0.39 is 0 Å². The summed E-state index contributed by atoms with van der Waals surface area (Å²) in [5.74, 6) is 0.0158. The molecule has 2 amide bonds. The monoisotopic (exact) mass is 422 g/mol. The van der Waals surface area contributed by atoms with Crippen LogP contribution in [0.2, 0.25) is 0 Å². The number of aromatic nitrogens is 2. The molecule has 1 aromatic carbocycles. The van der Waals surface area contributed by atoms with Gasteiger partial charge in [-0.2, -0.15) is 5.10 Å². The Balaban J connectivity index is 1.31. The number of nitrogens with zero attached hydrogens (tertiary/aromatic N) is 4. The van der Waals surface area contributed by atoms with Crippen molar-refractivity contribution in [3.05, 3.63) is 52.8 Å². The summed E-state index contributed by atoms with van der Waals surface area (Å²) >= 11 is 0. The Hall–Kier alpha value is -2.83. The van der Waals surface area contributed by atoms with E-state index in [4.69, 9.17) is 4.74 Å². The number of likely N-dealkylation sites (tertiary alicyclic amines) is 1. The van der Waals surface area contributed by atoms with Gasteiger partial charge in [0, 0.05) is 25.6 Å². The van der Waals surface area contributed by atoms with Crippen molar-refractivity contribution < 1.29 is 14.3 Å². The van der Waals surface area contributed by atoms with Crippen molar-refractivity contribution in [1.29, 1.82) is 0 Å². The van der Waals surface area contributed by atoms with Gasteiger partial charge < -0.3 is 9.64 Å². The van der Waals surface area contributed by atoms with Gasteiger partial charge >= 0.3 is 6.09 Å². The van der Waals surface area contributed by atoms with Gasteiger partial charge in [-0.05, 0) is 57.7 Å². The maximum absolute atomic E-state index is 13.3. The van der Waals surface area contributed by atoms with Crippen LogP contribution in [0.4, 0.5) is 4.79 Å². The van der Waals surface area contributed by atoms with E-state index >= 15 is 0 Å². The summed E-state index contributed by atoms with van der Waals surface area (Å²) in [6, 6.07) is 10.3. The highest BCUT2D eigenvalue weighted by atomic mass is 16.6. The lowest BCUT2D eigenvalue weighted by atomic mass is 9.99. The summed E-state index contributed by atoms with van der Waals surface area (Å²) in [7, 11) is 0. The fourth-order valence-corrected chi connectivity index (χ4v) is 5.32. The molecule has 1 aromatic heterocycles. The quantitative estimate of drug-likeness (QED) is 0.741. The number of amides is 2. The van der Waals surface area contributed by atoms with Crippen LogP contribution < -0.4 is 0 Å². The number of benzene rings is 1. The van der Waals surface area contributed by atoms with Gasteiger partial charge in [-0.3, -0.25) is 14.4 Å². The minimum absolute atomic E-state index is 0.000855. The molecule has 2 aliphatic heterocycles. The molecular weight excluding hydrogens is 392 g/mol. The molecular formula is C24H30N4O3. The number of carbonyl (C=O) groups excluding carboxylic acids is 2. The maximum atomic E-state index is 13.3. The first-order valence-electron chi connectivity index (χ1n) is 11.2. The lowest BCUT2D eigenvalue weighted by molar-refractivity contribution is 0.0617. The van der Waals surface area contributed by atoms with Gasteiger partial charge in [0.15, 0.2) is 0 Å². The Kier molecular flexibility index (Phi) is 4.61. The van der Waals surface area contributed by atoms with Crippen LogP contribution in [0.1, 0.15) is 67.0 Å². The standard InChI is InChI=1S/C24H30N4O3/c1-15-13-19(28(25-15)24(2,3)4)22(29)26-11-9-17(10-12-26)27-21-18-8-6-5-7-16(18)14-20(21)31-23(27)30/h5-8,13,17,20-21H,9-12,14H2,1-4H3/t20-,21+/m0/s1. The molecule has 3 aliphatic rings. The zero-order chi connectivity index (χ0) is 21.9. The Bertz CT molecular complexity index is 1030. The summed E-state index contributed by atoms with van der Waals surface area (Å²) < 4.78 is 7.56. The van der Waals surface area contributed by atoms with Crippen LogP contribution >= 0.6 is 0 Å². The number of rotatable bonds is 2. The van der Waals surface area contributed by atoms with Crippen LogP contribution in [0.15, 0.2) is 30.3 Å². The van der Waals surface area contributed by atoms with Crippen molar-refractivity contribution >= 4 is 12.0 Å². The van der Waals surface area contributed by atoms with Crippen molar-refractivity contribution in [2.24, 2.45) is 0 Å². The maximum Gasteiger partial charge on any atom is 0.411 e. The van der Waals surface area contributed by atoms with E-state index in [2.05, 4.69) is 38.0 Å². The van der Waals surface area contributed by atoms with Gasteiger partial charge in [-0.1, -0.05) is 24.3 Å². The van der Waals surface area contributed by atoms with E-state index in [1.165, 1.54) is 11.1 Å². The minimum Gasteiger partial charge on any atom is -0.443 e. The second-order valence-corrected chi connectivity index (χ2v) is 9.95. The van der Waals surface area contributed by atoms with Gasteiger partial charge in [0.05, 0.1) is 17.3 Å². The molecule has 0 spiro atoms. The average Bonchev–Trinajstić information content (AvgIpc) is 3.38. The van der Waals surface area contributed by atoms with Gasteiger partial charge in [0.2, 0.25) is 0 Å². The van der Waals surface area contributed by atoms with Crippen molar-refractivity contribution in [2.45, 2.75) is 70.7 Å². The third-order valence-corrected chi connectivity index (χ3v) is 6.74. The SMILES string of the molecule is Cc1cc(C(=O)N2CCC(N3C(=O)O[C@H]4Cc5ccccc5[C@H]43)CC2)n(C(C)(C)C)n1. The molecule has 0 radical (unpaired) electrons. The Morgan fingerprint density at radius 2 is 1.87 bits per heavy atom. The summed E-state index contributed by atoms with van der Waals surface area (Å²) in [6.45, 7) is 9.33. The molecule has 3 heterocycles. The third-order valence-electron chi connectivity index (χ3n) is 6.74. The van der Waals surface area contributed by atoms with E-state index in [0.29, 0.717) is 18.8 Å². The van der Waals surface area contributed by atoms with Crippen molar-refractivity contribution in [3.8, 4) is 0 Å². The number of ether oxygens (including phenoxy) is 1. The Morgan fingerprint density at radius 3 is 2.58 bits per heavy atom. The summed E-state index contributed by atoms with van der Waals surface area (Å²) in [5.41, 5.74) is 3.70. The van der Waals surface area contributed by atoms with Crippen LogP contribution in [0, 0.1) is 6.92 Å². The van der Waals surface area contributed by atoms with Gasteiger partial charge in [0.25, 0.3) is 5.91 Å². The van der Waals surface area contributed by atoms with Crippen LogP contribution in [0.3, 0.4) is 0 Å². The van der Waals surface area contributed by atoms with Crippen molar-refractivity contribution in [3.63, 3.8) is 0 Å². The van der Waals surface area contributed by atoms with Crippen LogP contribution in [-0.4, -0.2) is 56.8 Å². The van der Waals surface area contributed by atoms with Crippen LogP contribution in [0.5, 0.6) is 0 Å². The van der Waals surface area contributed by atoms with Gasteiger partial charge in [-0.15, -0.1) is 0 Å². The van der Waals surface area contributed by atoms with E-state index in [9.17, 15) is 9.59 Å². The zero-order valence-electron chi connectivity index (χ0n) is 18.7. The first-order chi connectivity index (χ1) is 14.7. The third kappa shape index (κ3) is 3.30. The Morgan fingerprint density at radius 1 is 1.16 bits per heavy atom. The summed E-state index contributed by atoms with van der Waals surface area (Å²) in [4.78, 5) is 29.8. The molecule has 164 valence electrons. The first-order valence-corrected chi connectivity index (χ1v) is 11.2. The fraction of sp³-hybridized carbons (Fsp3) is 0.542. The second kappa shape index (κ2) is 7.11. The fourth-order valence-electron chi connectivity index (χ4n) is 5.32. The topological polar surface area (TPSA) is 67.7 Å². The highest BCUT2D eigenvalue weighted by molar-refractivity contribution is 5.93. The van der Waals surface area contributed by atoms with E-state index in [1.54, 1.807) is 0 Å². The molecule has 0 N–H and O–H groups in total. The summed E-state index contributed by atoms with van der Waals surface area (Å²) in [6.07, 6.45) is 2.00. The molecule has 0 bridgehead atoms. The second-order valence-electron chi connectivity index (χ2n) is 9.95. The molecule has 1 aliphatic carbocycles. The molecule has 0 unspecified atom stereocenters. The lowest BCUT2D eigenvalue weighted by Gasteiger charge is -2.38. The van der Waals surface area contributed by atoms with E-state index in [1.807, 2.05) is 39.6 Å².